The Morgan fingerprint density at radius 1 is 1.25 bits per heavy atom. The summed E-state index contributed by atoms with van der Waals surface area (Å²) >= 11 is 0. The lowest BCUT2D eigenvalue weighted by atomic mass is 9.94. The average Bonchev–Trinajstić information content (AvgIpc) is 3.33. The van der Waals surface area contributed by atoms with Crippen molar-refractivity contribution in [1.82, 2.24) is 29.9 Å². The van der Waals surface area contributed by atoms with Gasteiger partial charge in [-0.3, -0.25) is 14.5 Å². The number of rotatable bonds is 2. The third-order valence-corrected chi connectivity index (χ3v) is 5.51. The third-order valence-electron chi connectivity index (χ3n) is 5.51. The number of carbonyl (C=O) groups excluding carboxylic acids is 2. The van der Waals surface area contributed by atoms with Gasteiger partial charge in [-0.25, -0.2) is 0 Å². The number of amides is 2. The topological polar surface area (TPSA) is 96.5 Å². The third kappa shape index (κ3) is 3.19. The van der Waals surface area contributed by atoms with Gasteiger partial charge < -0.3 is 19.2 Å². The second-order valence-corrected chi connectivity index (χ2v) is 8.76. The fourth-order valence-corrected chi connectivity index (χ4v) is 4.00. The van der Waals surface area contributed by atoms with Crippen molar-refractivity contribution in [3.8, 4) is 0 Å². The normalized spacial score (nSPS) is 22.5. The van der Waals surface area contributed by atoms with Gasteiger partial charge in [-0.15, -0.1) is 10.2 Å². The second kappa shape index (κ2) is 6.44. The molecule has 150 valence electrons. The van der Waals surface area contributed by atoms with Crippen LogP contribution in [-0.4, -0.2) is 67.6 Å². The molecule has 1 saturated heterocycles. The largest absolute Gasteiger partial charge is 0.459 e. The summed E-state index contributed by atoms with van der Waals surface area (Å²) in [6, 6.07) is 3.40. The van der Waals surface area contributed by atoms with Crippen molar-refractivity contribution in [2.24, 2.45) is 0 Å². The standard InChI is InChI=1S/C19H26N6O3/c1-18(2,3)20-16(26)15-22-21-14-10-23(4)19(12-25(14)15)7-8-24(11-19)17(27)13-6-5-9-28-13/h5-6,9H,7-8,10-12H2,1-4H3,(H,20,26)/t19-/m1/s1. The maximum Gasteiger partial charge on any atom is 0.289 e. The van der Waals surface area contributed by atoms with Crippen LogP contribution >= 0.6 is 0 Å². The molecule has 2 aromatic heterocycles. The Kier molecular flexibility index (Phi) is 4.29. The molecule has 0 bridgehead atoms. The molecule has 9 nitrogen and oxygen atoms in total. The van der Waals surface area contributed by atoms with Gasteiger partial charge in [0.1, 0.15) is 5.82 Å². The number of carbonyl (C=O) groups is 2. The van der Waals surface area contributed by atoms with E-state index in [9.17, 15) is 9.59 Å². The number of fused-ring (bicyclic) bond motifs is 1. The van der Waals surface area contributed by atoms with E-state index in [2.05, 4.69) is 20.4 Å². The summed E-state index contributed by atoms with van der Waals surface area (Å²) in [4.78, 5) is 29.4. The molecule has 2 amide bonds. The van der Waals surface area contributed by atoms with Crippen LogP contribution in [0.25, 0.3) is 0 Å². The Labute approximate surface area is 163 Å². The van der Waals surface area contributed by atoms with Gasteiger partial charge in [0, 0.05) is 25.2 Å². The summed E-state index contributed by atoms with van der Waals surface area (Å²) in [6.07, 6.45) is 2.32. The van der Waals surface area contributed by atoms with Crippen molar-refractivity contribution in [3.63, 3.8) is 0 Å². The first-order valence-corrected chi connectivity index (χ1v) is 9.47. The van der Waals surface area contributed by atoms with E-state index in [0.29, 0.717) is 37.8 Å². The fraction of sp³-hybridized carbons (Fsp3) is 0.579. The van der Waals surface area contributed by atoms with E-state index in [1.807, 2.05) is 37.3 Å². The molecule has 0 radical (unpaired) electrons. The van der Waals surface area contributed by atoms with Crippen LogP contribution in [-0.2, 0) is 13.1 Å². The first kappa shape index (κ1) is 18.7. The van der Waals surface area contributed by atoms with Crippen molar-refractivity contribution in [2.75, 3.05) is 20.1 Å². The van der Waals surface area contributed by atoms with Gasteiger partial charge in [-0.2, -0.15) is 0 Å². The van der Waals surface area contributed by atoms with Gasteiger partial charge in [0.15, 0.2) is 5.76 Å². The van der Waals surface area contributed by atoms with Gasteiger partial charge in [0.25, 0.3) is 11.8 Å². The number of aromatic nitrogens is 3. The van der Waals surface area contributed by atoms with Crippen LogP contribution in [0.5, 0.6) is 0 Å². The number of furan rings is 1. The Balaban J connectivity index is 1.57. The summed E-state index contributed by atoms with van der Waals surface area (Å²) in [5, 5.41) is 11.3. The lowest BCUT2D eigenvalue weighted by Crippen LogP contribution is -2.55. The van der Waals surface area contributed by atoms with Gasteiger partial charge in [-0.1, -0.05) is 0 Å². The highest BCUT2D eigenvalue weighted by molar-refractivity contribution is 5.92. The summed E-state index contributed by atoms with van der Waals surface area (Å²) in [5.74, 6) is 1.12. The van der Waals surface area contributed by atoms with Crippen molar-refractivity contribution < 1.29 is 14.0 Å². The zero-order chi connectivity index (χ0) is 20.1. The maximum absolute atomic E-state index is 12.7. The number of likely N-dealkylation sites (N-methyl/N-ethyl adjacent to an activating group) is 1. The molecule has 28 heavy (non-hydrogen) atoms. The van der Waals surface area contributed by atoms with Crippen molar-refractivity contribution in [2.45, 2.75) is 51.4 Å². The summed E-state index contributed by atoms with van der Waals surface area (Å²) in [5.41, 5.74) is -0.610. The molecule has 2 aliphatic heterocycles. The smallest absolute Gasteiger partial charge is 0.289 e. The van der Waals surface area contributed by atoms with Crippen LogP contribution in [0, 0.1) is 0 Å². The molecule has 1 N–H and O–H groups in total. The molecule has 0 aromatic carbocycles. The monoisotopic (exact) mass is 386 g/mol. The lowest BCUT2D eigenvalue weighted by molar-refractivity contribution is 0.0553. The Bertz CT molecular complexity index is 897. The number of hydrogen-bond acceptors (Lipinski definition) is 6. The predicted molar refractivity (Wildman–Crippen MR) is 101 cm³/mol. The fourth-order valence-electron chi connectivity index (χ4n) is 4.00. The lowest BCUT2D eigenvalue weighted by Gasteiger charge is -2.42. The Morgan fingerprint density at radius 2 is 2.04 bits per heavy atom. The van der Waals surface area contributed by atoms with E-state index in [1.54, 1.807) is 12.1 Å². The number of nitrogens with one attached hydrogen (secondary N) is 1. The number of hydrogen-bond donors (Lipinski definition) is 1. The molecule has 1 atom stereocenters. The predicted octanol–water partition coefficient (Wildman–Crippen LogP) is 1.13. The Hall–Kier alpha value is -2.68. The van der Waals surface area contributed by atoms with E-state index < -0.39 is 0 Å². The summed E-state index contributed by atoms with van der Waals surface area (Å²) < 4.78 is 7.17. The van der Waals surface area contributed by atoms with E-state index in [4.69, 9.17) is 4.42 Å². The molecule has 0 saturated carbocycles. The van der Waals surface area contributed by atoms with Crippen LogP contribution in [0.1, 0.15) is 54.2 Å². The first-order chi connectivity index (χ1) is 13.2. The van der Waals surface area contributed by atoms with Gasteiger partial charge >= 0.3 is 0 Å². The first-order valence-electron chi connectivity index (χ1n) is 9.47. The van der Waals surface area contributed by atoms with Crippen LogP contribution in [0.2, 0.25) is 0 Å². The average molecular weight is 386 g/mol. The maximum atomic E-state index is 12.7. The zero-order valence-electron chi connectivity index (χ0n) is 16.7. The number of nitrogens with zero attached hydrogens (tertiary/aromatic N) is 5. The van der Waals surface area contributed by atoms with Gasteiger partial charge in [0.2, 0.25) is 5.82 Å². The zero-order valence-corrected chi connectivity index (χ0v) is 16.7. The van der Waals surface area contributed by atoms with Gasteiger partial charge in [-0.05, 0) is 46.4 Å². The molecule has 0 unspecified atom stereocenters. The molecule has 2 aromatic rings. The van der Waals surface area contributed by atoms with E-state index in [0.717, 1.165) is 12.2 Å². The molecule has 4 heterocycles. The highest BCUT2D eigenvalue weighted by atomic mass is 16.3. The van der Waals surface area contributed by atoms with Crippen molar-refractivity contribution >= 4 is 11.8 Å². The number of likely N-dealkylation sites (tertiary alicyclic amines) is 1. The van der Waals surface area contributed by atoms with Gasteiger partial charge in [0.05, 0.1) is 18.3 Å². The molecule has 2 aliphatic rings. The minimum absolute atomic E-state index is 0.101. The molecule has 0 aliphatic carbocycles. The Morgan fingerprint density at radius 3 is 2.71 bits per heavy atom. The summed E-state index contributed by atoms with van der Waals surface area (Å²) in [7, 11) is 2.04. The quantitative estimate of drug-likeness (QED) is 0.831. The van der Waals surface area contributed by atoms with E-state index in [1.165, 1.54) is 6.26 Å². The molecule has 1 spiro atoms. The SMILES string of the molecule is CN1Cc2nnc(C(=O)NC(C)(C)C)n2C[C@]12CCN(C(=O)c1ccco1)C2. The van der Waals surface area contributed by atoms with Crippen molar-refractivity contribution in [3.05, 3.63) is 35.8 Å². The molecule has 9 heteroatoms. The van der Waals surface area contributed by atoms with Crippen molar-refractivity contribution in [1.29, 1.82) is 0 Å². The molecular formula is C19H26N6O3. The molecule has 1 fully saturated rings. The van der Waals surface area contributed by atoms with Crippen LogP contribution in [0.4, 0.5) is 0 Å². The van der Waals surface area contributed by atoms with Crippen LogP contribution < -0.4 is 5.32 Å². The van der Waals surface area contributed by atoms with E-state index >= 15 is 0 Å². The summed E-state index contributed by atoms with van der Waals surface area (Å²) in [6.45, 7) is 8.17. The van der Waals surface area contributed by atoms with Crippen LogP contribution in [0.15, 0.2) is 22.8 Å². The minimum Gasteiger partial charge on any atom is -0.459 e. The van der Waals surface area contributed by atoms with Crippen LogP contribution in [0.3, 0.4) is 0 Å². The minimum atomic E-state index is -0.355. The highest BCUT2D eigenvalue weighted by Crippen LogP contribution is 2.34. The molecule has 4 rings (SSSR count). The second-order valence-electron chi connectivity index (χ2n) is 8.76. The molecular weight excluding hydrogens is 360 g/mol. The highest BCUT2D eigenvalue weighted by Gasteiger charge is 2.47. The van der Waals surface area contributed by atoms with E-state index in [-0.39, 0.29) is 22.9 Å².